The number of benzene rings is 2. The van der Waals surface area contributed by atoms with Crippen LogP contribution < -0.4 is 15.0 Å². The second-order valence-electron chi connectivity index (χ2n) is 6.51. The van der Waals surface area contributed by atoms with Gasteiger partial charge in [0.1, 0.15) is 5.75 Å². The number of hydrogen-bond donors (Lipinski definition) is 1. The van der Waals surface area contributed by atoms with Gasteiger partial charge in [-0.25, -0.2) is 0 Å². The van der Waals surface area contributed by atoms with Crippen molar-refractivity contribution in [3.8, 4) is 11.8 Å². The van der Waals surface area contributed by atoms with Gasteiger partial charge in [-0.15, -0.1) is 0 Å². The van der Waals surface area contributed by atoms with Gasteiger partial charge in [0.2, 0.25) is 5.91 Å². The minimum atomic E-state index is -0.244. The monoisotopic (exact) mass is 363 g/mol. The van der Waals surface area contributed by atoms with Crippen LogP contribution in [0.15, 0.2) is 42.5 Å². The van der Waals surface area contributed by atoms with Crippen molar-refractivity contribution in [3.63, 3.8) is 0 Å². The van der Waals surface area contributed by atoms with E-state index >= 15 is 0 Å². The Morgan fingerprint density at radius 2 is 1.93 bits per heavy atom. The van der Waals surface area contributed by atoms with Crippen LogP contribution in [0.5, 0.6) is 5.75 Å². The summed E-state index contributed by atoms with van der Waals surface area (Å²) >= 11 is 0. The van der Waals surface area contributed by atoms with Gasteiger partial charge in [-0.2, -0.15) is 5.26 Å². The minimum Gasteiger partial charge on any atom is -0.494 e. The van der Waals surface area contributed by atoms with Crippen molar-refractivity contribution in [2.75, 3.05) is 23.4 Å². The van der Waals surface area contributed by atoms with E-state index in [0.717, 1.165) is 34.8 Å². The molecule has 1 aliphatic heterocycles. The fourth-order valence-electron chi connectivity index (χ4n) is 3.68. The van der Waals surface area contributed by atoms with Crippen molar-refractivity contribution < 1.29 is 9.53 Å². The number of ether oxygens (including phenoxy) is 1. The predicted octanol–water partition coefficient (Wildman–Crippen LogP) is 4.62. The Balaban J connectivity index is 1.94. The molecule has 5 nitrogen and oxygen atoms in total. The molecule has 1 aliphatic rings. The number of nitriles is 1. The molecule has 0 aliphatic carbocycles. The fourth-order valence-corrected chi connectivity index (χ4v) is 3.68. The summed E-state index contributed by atoms with van der Waals surface area (Å²) < 4.78 is 5.65. The molecule has 140 valence electrons. The number of rotatable bonds is 6. The molecular weight excluding hydrogens is 338 g/mol. The summed E-state index contributed by atoms with van der Waals surface area (Å²) in [5.41, 5.74) is 3.93. The maximum absolute atomic E-state index is 11.6. The lowest BCUT2D eigenvalue weighted by molar-refractivity contribution is -0.115. The molecule has 2 aromatic rings. The third-order valence-electron chi connectivity index (χ3n) is 4.95. The molecule has 1 heterocycles. The van der Waals surface area contributed by atoms with Gasteiger partial charge in [0.25, 0.3) is 0 Å². The van der Waals surface area contributed by atoms with Crippen LogP contribution in [-0.2, 0) is 4.79 Å². The van der Waals surface area contributed by atoms with Crippen LogP contribution in [0.3, 0.4) is 0 Å². The zero-order valence-corrected chi connectivity index (χ0v) is 16.0. The van der Waals surface area contributed by atoms with E-state index in [2.05, 4.69) is 23.2 Å². The third kappa shape index (κ3) is 3.61. The third-order valence-corrected chi connectivity index (χ3v) is 4.95. The number of carbonyl (C=O) groups is 1. The minimum absolute atomic E-state index is 0.00967. The van der Waals surface area contributed by atoms with Gasteiger partial charge in [0, 0.05) is 30.4 Å². The molecule has 1 amide bonds. The molecule has 0 spiro atoms. The van der Waals surface area contributed by atoms with E-state index in [4.69, 9.17) is 4.74 Å². The number of nitrogens with one attached hydrogen (secondary N) is 1. The Kier molecular flexibility index (Phi) is 5.66. The average molecular weight is 363 g/mol. The second-order valence-corrected chi connectivity index (χ2v) is 6.51. The van der Waals surface area contributed by atoms with Gasteiger partial charge in [0.05, 0.1) is 24.6 Å². The Morgan fingerprint density at radius 1 is 1.19 bits per heavy atom. The second kappa shape index (κ2) is 8.13. The first-order valence-corrected chi connectivity index (χ1v) is 9.45. The fraction of sp³-hybridized carbons (Fsp3) is 0.364. The molecule has 5 heteroatoms. The molecule has 3 rings (SSSR count). The predicted molar refractivity (Wildman–Crippen MR) is 107 cm³/mol. The van der Waals surface area contributed by atoms with Crippen molar-refractivity contribution in [2.24, 2.45) is 0 Å². The molecule has 0 radical (unpaired) electrons. The Hall–Kier alpha value is -3.00. The first kappa shape index (κ1) is 18.8. The molecule has 1 N–H and O–H groups in total. The van der Waals surface area contributed by atoms with Crippen molar-refractivity contribution in [1.82, 2.24) is 0 Å². The maximum Gasteiger partial charge on any atom is 0.224 e. The summed E-state index contributed by atoms with van der Waals surface area (Å²) in [5.74, 6) is 0.570. The van der Waals surface area contributed by atoms with Gasteiger partial charge >= 0.3 is 0 Å². The zero-order valence-electron chi connectivity index (χ0n) is 16.0. The van der Waals surface area contributed by atoms with E-state index < -0.39 is 0 Å². The molecule has 2 unspecified atom stereocenters. The van der Waals surface area contributed by atoms with Crippen molar-refractivity contribution >= 4 is 17.3 Å². The summed E-state index contributed by atoms with van der Waals surface area (Å²) in [6.45, 7) is 7.29. The highest BCUT2D eigenvalue weighted by Gasteiger charge is 2.39. The van der Waals surface area contributed by atoms with E-state index in [-0.39, 0.29) is 17.9 Å². The van der Waals surface area contributed by atoms with Crippen LogP contribution in [0.25, 0.3) is 0 Å². The van der Waals surface area contributed by atoms with Gasteiger partial charge in [-0.1, -0.05) is 25.1 Å². The summed E-state index contributed by atoms with van der Waals surface area (Å²) in [4.78, 5) is 13.8. The van der Waals surface area contributed by atoms with Gasteiger partial charge in [-0.3, -0.25) is 4.79 Å². The SMILES string of the molecule is CCOc1ccc2c(c1)N(CC)C(c1ccc(NC(=O)CC)cc1)C2C#N. The van der Waals surface area contributed by atoms with E-state index in [1.165, 1.54) is 0 Å². The van der Waals surface area contributed by atoms with E-state index in [9.17, 15) is 10.1 Å². The van der Waals surface area contributed by atoms with Gasteiger partial charge < -0.3 is 15.0 Å². The van der Waals surface area contributed by atoms with Crippen LogP contribution >= 0.6 is 0 Å². The highest BCUT2D eigenvalue weighted by molar-refractivity contribution is 5.90. The lowest BCUT2D eigenvalue weighted by Gasteiger charge is -2.28. The standard InChI is InChI=1S/C22H25N3O2/c1-4-21(26)24-16-9-7-15(8-10-16)22-19(14-23)18-12-11-17(27-6-3)13-20(18)25(22)5-2/h7-13,19,22H,4-6H2,1-3H3,(H,24,26). The van der Waals surface area contributed by atoms with Crippen molar-refractivity contribution in [3.05, 3.63) is 53.6 Å². The number of fused-ring (bicyclic) bond motifs is 1. The normalized spacial score (nSPS) is 17.9. The Labute approximate surface area is 160 Å². The van der Waals surface area contributed by atoms with E-state index in [1.807, 2.05) is 56.3 Å². The topological polar surface area (TPSA) is 65.4 Å². The van der Waals surface area contributed by atoms with Gasteiger partial charge in [0.15, 0.2) is 0 Å². The smallest absolute Gasteiger partial charge is 0.224 e. The number of nitrogens with zero attached hydrogens (tertiary/aromatic N) is 2. The van der Waals surface area contributed by atoms with E-state index in [1.54, 1.807) is 0 Å². The Morgan fingerprint density at radius 3 is 2.52 bits per heavy atom. The molecule has 2 atom stereocenters. The zero-order chi connectivity index (χ0) is 19.4. The molecule has 0 saturated heterocycles. The largest absolute Gasteiger partial charge is 0.494 e. The number of amides is 1. The summed E-state index contributed by atoms with van der Waals surface area (Å²) in [5, 5.41) is 12.7. The lowest BCUT2D eigenvalue weighted by Crippen LogP contribution is -2.26. The quantitative estimate of drug-likeness (QED) is 0.813. The molecular formula is C22H25N3O2. The summed E-state index contributed by atoms with van der Waals surface area (Å²) in [7, 11) is 0. The summed E-state index contributed by atoms with van der Waals surface area (Å²) in [6.07, 6.45) is 0.446. The number of likely N-dealkylation sites (N-methyl/N-ethyl adjacent to an activating group) is 1. The molecule has 0 aromatic heterocycles. The summed E-state index contributed by atoms with van der Waals surface area (Å²) in [6, 6.07) is 16.2. The Bertz CT molecular complexity index is 855. The molecule has 0 saturated carbocycles. The highest BCUT2D eigenvalue weighted by atomic mass is 16.5. The maximum atomic E-state index is 11.6. The van der Waals surface area contributed by atoms with Crippen LogP contribution in [0.1, 0.15) is 50.3 Å². The molecule has 0 fully saturated rings. The average Bonchev–Trinajstić information content (AvgIpc) is 3.01. The van der Waals surface area contributed by atoms with Crippen molar-refractivity contribution in [1.29, 1.82) is 5.26 Å². The molecule has 0 bridgehead atoms. The first-order valence-electron chi connectivity index (χ1n) is 9.45. The van der Waals surface area contributed by atoms with Crippen LogP contribution in [0.4, 0.5) is 11.4 Å². The number of anilines is 2. The van der Waals surface area contributed by atoms with Crippen LogP contribution in [0, 0.1) is 11.3 Å². The molecule has 27 heavy (non-hydrogen) atoms. The number of carbonyl (C=O) groups excluding carboxylic acids is 1. The molecule has 2 aromatic carbocycles. The first-order chi connectivity index (χ1) is 13.1. The number of hydrogen-bond acceptors (Lipinski definition) is 4. The lowest BCUT2D eigenvalue weighted by atomic mass is 9.91. The van der Waals surface area contributed by atoms with Crippen LogP contribution in [-0.4, -0.2) is 19.1 Å². The van der Waals surface area contributed by atoms with E-state index in [0.29, 0.717) is 13.0 Å². The van der Waals surface area contributed by atoms with Crippen LogP contribution in [0.2, 0.25) is 0 Å². The van der Waals surface area contributed by atoms with Gasteiger partial charge in [-0.05, 0) is 43.2 Å². The highest BCUT2D eigenvalue weighted by Crippen LogP contribution is 2.49. The van der Waals surface area contributed by atoms with Crippen molar-refractivity contribution in [2.45, 2.75) is 39.2 Å².